The maximum Gasteiger partial charge on any atom is 0.220 e. The van der Waals surface area contributed by atoms with E-state index in [9.17, 15) is 4.79 Å². The average Bonchev–Trinajstić information content (AvgIpc) is 2.49. The van der Waals surface area contributed by atoms with Gasteiger partial charge in [0.1, 0.15) is 0 Å². The van der Waals surface area contributed by atoms with Crippen LogP contribution in [0.4, 0.5) is 5.69 Å². The summed E-state index contributed by atoms with van der Waals surface area (Å²) in [6.07, 6.45) is 2.13. The van der Waals surface area contributed by atoms with Gasteiger partial charge in [-0.1, -0.05) is 12.1 Å². The Hall–Kier alpha value is -1.20. The molecule has 4 nitrogen and oxygen atoms in total. The normalized spacial score (nSPS) is 10.4. The Labute approximate surface area is 131 Å². The lowest BCUT2D eigenvalue weighted by Gasteiger charge is -2.12. The molecule has 0 bridgehead atoms. The second-order valence-electron chi connectivity index (χ2n) is 5.10. The molecule has 1 aromatic carbocycles. The molecule has 118 valence electrons. The van der Waals surface area contributed by atoms with Gasteiger partial charge in [-0.25, -0.2) is 0 Å². The molecule has 0 radical (unpaired) electrons. The number of aryl methyl sites for hydroxylation is 1. The minimum Gasteiger partial charge on any atom is -0.396 e. The number of carbonyl (C=O) groups is 1. The standard InChI is InChI=1S/C16H26N2O2S/c1-18(2)15-7-4-14(5-8-15)6-9-16(20)17-10-13-21-12-3-11-19/h4-5,7-8,19H,3,6,9-13H2,1-2H3,(H,17,20). The summed E-state index contributed by atoms with van der Waals surface area (Å²) in [5, 5.41) is 11.6. The van der Waals surface area contributed by atoms with Gasteiger partial charge in [0.2, 0.25) is 5.91 Å². The number of anilines is 1. The van der Waals surface area contributed by atoms with Crippen LogP contribution in [0.1, 0.15) is 18.4 Å². The van der Waals surface area contributed by atoms with Crippen LogP contribution in [0.3, 0.4) is 0 Å². The van der Waals surface area contributed by atoms with E-state index in [0.29, 0.717) is 13.0 Å². The monoisotopic (exact) mass is 310 g/mol. The summed E-state index contributed by atoms with van der Waals surface area (Å²) in [5.74, 6) is 1.96. The second kappa shape index (κ2) is 10.5. The van der Waals surface area contributed by atoms with Crippen molar-refractivity contribution in [1.82, 2.24) is 5.32 Å². The Balaban J connectivity index is 2.15. The number of nitrogens with one attached hydrogen (secondary N) is 1. The predicted octanol–water partition coefficient (Wildman–Crippen LogP) is 1.92. The van der Waals surface area contributed by atoms with Crippen LogP contribution in [0.15, 0.2) is 24.3 Å². The van der Waals surface area contributed by atoms with E-state index in [-0.39, 0.29) is 12.5 Å². The van der Waals surface area contributed by atoms with Crippen LogP contribution in [-0.2, 0) is 11.2 Å². The zero-order valence-electron chi connectivity index (χ0n) is 13.0. The smallest absolute Gasteiger partial charge is 0.220 e. The Morgan fingerprint density at radius 1 is 1.24 bits per heavy atom. The Morgan fingerprint density at radius 2 is 1.95 bits per heavy atom. The molecular weight excluding hydrogens is 284 g/mol. The number of nitrogens with zero attached hydrogens (tertiary/aromatic N) is 1. The van der Waals surface area contributed by atoms with E-state index >= 15 is 0 Å². The molecule has 0 spiro atoms. The summed E-state index contributed by atoms with van der Waals surface area (Å²) in [7, 11) is 4.03. The first kappa shape index (κ1) is 17.9. The maximum atomic E-state index is 11.7. The van der Waals surface area contributed by atoms with Crippen LogP contribution in [0.25, 0.3) is 0 Å². The van der Waals surface area contributed by atoms with Gasteiger partial charge in [-0.3, -0.25) is 4.79 Å². The molecule has 0 aromatic heterocycles. The molecular formula is C16H26N2O2S. The molecule has 0 aliphatic rings. The number of aliphatic hydroxyl groups excluding tert-OH is 1. The van der Waals surface area contributed by atoms with Crippen LogP contribution in [-0.4, -0.2) is 49.8 Å². The highest BCUT2D eigenvalue weighted by Crippen LogP contribution is 2.13. The van der Waals surface area contributed by atoms with Crippen LogP contribution in [0, 0.1) is 0 Å². The fourth-order valence-corrected chi connectivity index (χ4v) is 2.62. The zero-order chi connectivity index (χ0) is 15.5. The number of thioether (sulfide) groups is 1. The van der Waals surface area contributed by atoms with E-state index < -0.39 is 0 Å². The molecule has 21 heavy (non-hydrogen) atoms. The molecule has 1 aromatic rings. The van der Waals surface area contributed by atoms with Crippen molar-refractivity contribution in [3.05, 3.63) is 29.8 Å². The molecule has 2 N–H and O–H groups in total. The van der Waals surface area contributed by atoms with Gasteiger partial charge in [0.05, 0.1) is 0 Å². The van der Waals surface area contributed by atoms with Crippen molar-refractivity contribution in [3.8, 4) is 0 Å². The summed E-state index contributed by atoms with van der Waals surface area (Å²) >= 11 is 1.76. The molecule has 0 aliphatic heterocycles. The van der Waals surface area contributed by atoms with Gasteiger partial charge in [0.15, 0.2) is 0 Å². The fraction of sp³-hybridized carbons (Fsp3) is 0.562. The summed E-state index contributed by atoms with van der Waals surface area (Å²) in [6.45, 7) is 0.945. The summed E-state index contributed by atoms with van der Waals surface area (Å²) < 4.78 is 0. The molecule has 1 amide bonds. The lowest BCUT2D eigenvalue weighted by atomic mass is 10.1. The SMILES string of the molecule is CN(C)c1ccc(CCC(=O)NCCSCCCO)cc1. The van der Waals surface area contributed by atoms with Crippen LogP contribution < -0.4 is 10.2 Å². The minimum absolute atomic E-state index is 0.106. The number of rotatable bonds is 10. The lowest BCUT2D eigenvalue weighted by Crippen LogP contribution is -2.26. The van der Waals surface area contributed by atoms with Crippen LogP contribution in [0.5, 0.6) is 0 Å². The van der Waals surface area contributed by atoms with Gasteiger partial charge >= 0.3 is 0 Å². The largest absolute Gasteiger partial charge is 0.396 e. The van der Waals surface area contributed by atoms with Crippen LogP contribution in [0.2, 0.25) is 0 Å². The highest BCUT2D eigenvalue weighted by Gasteiger charge is 2.02. The fourth-order valence-electron chi connectivity index (χ4n) is 1.84. The van der Waals surface area contributed by atoms with Crippen molar-refractivity contribution in [2.75, 3.05) is 43.7 Å². The quantitative estimate of drug-likeness (QED) is 0.648. The number of amides is 1. The number of hydrogen-bond donors (Lipinski definition) is 2. The maximum absolute atomic E-state index is 11.7. The van der Waals surface area contributed by atoms with Crippen molar-refractivity contribution >= 4 is 23.4 Å². The number of carbonyl (C=O) groups excluding carboxylic acids is 1. The summed E-state index contributed by atoms with van der Waals surface area (Å²) in [6, 6.07) is 8.30. The number of aliphatic hydroxyl groups is 1. The number of benzene rings is 1. The Bertz CT molecular complexity index is 407. The average molecular weight is 310 g/mol. The molecule has 1 rings (SSSR count). The van der Waals surface area contributed by atoms with Crippen molar-refractivity contribution in [2.45, 2.75) is 19.3 Å². The molecule has 0 fully saturated rings. The third kappa shape index (κ3) is 7.97. The minimum atomic E-state index is 0.106. The molecule has 0 atom stereocenters. The highest BCUT2D eigenvalue weighted by atomic mass is 32.2. The van der Waals surface area contributed by atoms with E-state index in [2.05, 4.69) is 34.5 Å². The topological polar surface area (TPSA) is 52.6 Å². The summed E-state index contributed by atoms with van der Waals surface area (Å²) in [5.41, 5.74) is 2.36. The van der Waals surface area contributed by atoms with Gasteiger partial charge in [-0.15, -0.1) is 0 Å². The first-order valence-corrected chi connectivity index (χ1v) is 8.50. The molecule has 0 saturated heterocycles. The van der Waals surface area contributed by atoms with E-state index in [4.69, 9.17) is 5.11 Å². The van der Waals surface area contributed by atoms with Crippen molar-refractivity contribution in [3.63, 3.8) is 0 Å². The van der Waals surface area contributed by atoms with Crippen LogP contribution >= 0.6 is 11.8 Å². The Kier molecular flexibility index (Phi) is 8.94. The zero-order valence-corrected chi connectivity index (χ0v) is 13.8. The third-order valence-electron chi connectivity index (χ3n) is 3.11. The van der Waals surface area contributed by atoms with E-state index in [1.807, 2.05) is 14.1 Å². The molecule has 0 unspecified atom stereocenters. The molecule has 0 aliphatic carbocycles. The first-order chi connectivity index (χ1) is 10.1. The highest BCUT2D eigenvalue weighted by molar-refractivity contribution is 7.99. The Morgan fingerprint density at radius 3 is 2.57 bits per heavy atom. The van der Waals surface area contributed by atoms with Gasteiger partial charge in [0.25, 0.3) is 0 Å². The third-order valence-corrected chi connectivity index (χ3v) is 4.18. The van der Waals surface area contributed by atoms with Crippen molar-refractivity contribution < 1.29 is 9.90 Å². The van der Waals surface area contributed by atoms with Gasteiger partial charge in [0, 0.05) is 45.1 Å². The van der Waals surface area contributed by atoms with Gasteiger partial charge in [-0.05, 0) is 36.3 Å². The van der Waals surface area contributed by atoms with E-state index in [1.54, 1.807) is 11.8 Å². The lowest BCUT2D eigenvalue weighted by molar-refractivity contribution is -0.120. The summed E-state index contributed by atoms with van der Waals surface area (Å²) in [4.78, 5) is 13.8. The molecule has 5 heteroatoms. The second-order valence-corrected chi connectivity index (χ2v) is 6.33. The molecule has 0 heterocycles. The van der Waals surface area contributed by atoms with Crippen molar-refractivity contribution in [2.24, 2.45) is 0 Å². The van der Waals surface area contributed by atoms with E-state index in [0.717, 1.165) is 24.3 Å². The van der Waals surface area contributed by atoms with Crippen molar-refractivity contribution in [1.29, 1.82) is 0 Å². The van der Waals surface area contributed by atoms with Gasteiger partial charge in [-0.2, -0.15) is 11.8 Å². The first-order valence-electron chi connectivity index (χ1n) is 7.35. The number of hydrogen-bond acceptors (Lipinski definition) is 4. The molecule has 0 saturated carbocycles. The predicted molar refractivity (Wildman–Crippen MR) is 91.1 cm³/mol. The van der Waals surface area contributed by atoms with E-state index in [1.165, 1.54) is 11.3 Å². The van der Waals surface area contributed by atoms with Gasteiger partial charge < -0.3 is 15.3 Å².